The summed E-state index contributed by atoms with van der Waals surface area (Å²) in [6.07, 6.45) is 0.559. The van der Waals surface area contributed by atoms with Gasteiger partial charge in [0.15, 0.2) is 0 Å². The first-order valence-electron chi connectivity index (χ1n) is 4.36. The van der Waals surface area contributed by atoms with E-state index in [9.17, 15) is 8.78 Å². The average Bonchev–Trinajstić information content (AvgIpc) is 2.26. The molecule has 1 rings (SSSR count). The van der Waals surface area contributed by atoms with Crippen LogP contribution in [0.1, 0.15) is 26.2 Å². The minimum atomic E-state index is -2.45. The van der Waals surface area contributed by atoms with Crippen LogP contribution in [-0.2, 0) is 0 Å². The first kappa shape index (κ1) is 9.86. The molecule has 0 aliphatic heterocycles. The highest BCUT2D eigenvalue weighted by atomic mass is 19.3. The van der Waals surface area contributed by atoms with Crippen molar-refractivity contribution in [1.82, 2.24) is 5.32 Å². The van der Waals surface area contributed by atoms with Crippen molar-refractivity contribution in [1.29, 1.82) is 0 Å². The normalized spacial score (nSPS) is 30.5. The van der Waals surface area contributed by atoms with Crippen LogP contribution in [0.25, 0.3) is 0 Å². The maximum Gasteiger partial charge on any atom is 0.249 e. The SMILES string of the molecule is C[C@@H](N)CNC1CCC(F)(F)C1. The van der Waals surface area contributed by atoms with Crippen molar-refractivity contribution in [3.8, 4) is 0 Å². The second-order valence-corrected chi connectivity index (χ2v) is 3.68. The van der Waals surface area contributed by atoms with E-state index in [0.717, 1.165) is 0 Å². The summed E-state index contributed by atoms with van der Waals surface area (Å²) >= 11 is 0. The zero-order valence-corrected chi connectivity index (χ0v) is 7.32. The number of hydrogen-bond acceptors (Lipinski definition) is 2. The fraction of sp³-hybridized carbons (Fsp3) is 1.00. The smallest absolute Gasteiger partial charge is 0.249 e. The third-order valence-corrected chi connectivity index (χ3v) is 2.13. The molecule has 72 valence electrons. The molecule has 3 N–H and O–H groups in total. The molecule has 1 unspecified atom stereocenters. The van der Waals surface area contributed by atoms with Crippen LogP contribution in [0.15, 0.2) is 0 Å². The fourth-order valence-electron chi connectivity index (χ4n) is 1.48. The summed E-state index contributed by atoms with van der Waals surface area (Å²) in [7, 11) is 0. The maximum atomic E-state index is 12.6. The first-order chi connectivity index (χ1) is 5.49. The first-order valence-corrected chi connectivity index (χ1v) is 4.36. The third-order valence-electron chi connectivity index (χ3n) is 2.13. The van der Waals surface area contributed by atoms with E-state index < -0.39 is 5.92 Å². The van der Waals surface area contributed by atoms with E-state index in [1.807, 2.05) is 6.92 Å². The van der Waals surface area contributed by atoms with Gasteiger partial charge >= 0.3 is 0 Å². The Kier molecular flexibility index (Phi) is 3.01. The predicted octanol–water partition coefficient (Wildman–Crippen LogP) is 1.11. The number of nitrogens with one attached hydrogen (secondary N) is 1. The highest BCUT2D eigenvalue weighted by Gasteiger charge is 2.38. The molecule has 0 amide bonds. The van der Waals surface area contributed by atoms with Gasteiger partial charge in [-0.2, -0.15) is 0 Å². The molecule has 12 heavy (non-hydrogen) atoms. The molecule has 1 aliphatic rings. The highest BCUT2D eigenvalue weighted by Crippen LogP contribution is 2.34. The summed E-state index contributed by atoms with van der Waals surface area (Å²) in [5.41, 5.74) is 5.49. The van der Waals surface area contributed by atoms with Gasteiger partial charge in [0, 0.05) is 31.5 Å². The molecule has 2 nitrogen and oxygen atoms in total. The summed E-state index contributed by atoms with van der Waals surface area (Å²) in [5.74, 6) is -2.45. The molecule has 0 radical (unpaired) electrons. The Labute approximate surface area is 71.5 Å². The minimum absolute atomic E-state index is 0.0175. The number of hydrogen-bond donors (Lipinski definition) is 2. The summed E-state index contributed by atoms with van der Waals surface area (Å²) in [5, 5.41) is 3.03. The molecule has 0 saturated heterocycles. The summed E-state index contributed by atoms with van der Waals surface area (Å²) in [6.45, 7) is 2.49. The van der Waals surface area contributed by atoms with Crippen LogP contribution in [0.3, 0.4) is 0 Å². The molecule has 0 bridgehead atoms. The van der Waals surface area contributed by atoms with Crippen LogP contribution in [0, 0.1) is 0 Å². The number of alkyl halides is 2. The van der Waals surface area contributed by atoms with Crippen molar-refractivity contribution < 1.29 is 8.78 Å². The van der Waals surface area contributed by atoms with E-state index in [0.29, 0.717) is 13.0 Å². The van der Waals surface area contributed by atoms with Gasteiger partial charge in [-0.3, -0.25) is 0 Å². The summed E-state index contributed by atoms with van der Waals surface area (Å²) in [6, 6.07) is 0.00484. The lowest BCUT2D eigenvalue weighted by atomic mass is 10.2. The van der Waals surface area contributed by atoms with Crippen molar-refractivity contribution in [2.45, 2.75) is 44.2 Å². The van der Waals surface area contributed by atoms with Gasteiger partial charge in [0.05, 0.1) is 0 Å². The quantitative estimate of drug-likeness (QED) is 0.679. The number of rotatable bonds is 3. The van der Waals surface area contributed by atoms with Crippen LogP contribution in [0.5, 0.6) is 0 Å². The van der Waals surface area contributed by atoms with Crippen LogP contribution >= 0.6 is 0 Å². The molecule has 0 aromatic heterocycles. The van der Waals surface area contributed by atoms with Gasteiger partial charge in [-0.25, -0.2) is 8.78 Å². The zero-order valence-electron chi connectivity index (χ0n) is 7.32. The highest BCUT2D eigenvalue weighted by molar-refractivity contribution is 4.86. The van der Waals surface area contributed by atoms with Gasteiger partial charge in [-0.15, -0.1) is 0 Å². The molecular weight excluding hydrogens is 162 g/mol. The fourth-order valence-corrected chi connectivity index (χ4v) is 1.48. The zero-order chi connectivity index (χ0) is 9.19. The molecule has 2 atom stereocenters. The second kappa shape index (κ2) is 3.66. The lowest BCUT2D eigenvalue weighted by molar-refractivity contribution is 0.00691. The predicted molar refractivity (Wildman–Crippen MR) is 44.2 cm³/mol. The maximum absolute atomic E-state index is 12.6. The molecule has 0 heterocycles. The van der Waals surface area contributed by atoms with Gasteiger partial charge < -0.3 is 11.1 Å². The molecule has 4 heteroatoms. The molecule has 0 spiro atoms. The van der Waals surface area contributed by atoms with Gasteiger partial charge in [0.25, 0.3) is 0 Å². The average molecular weight is 178 g/mol. The van der Waals surface area contributed by atoms with Crippen LogP contribution < -0.4 is 11.1 Å². The standard InChI is InChI=1S/C8H16F2N2/c1-6(11)5-12-7-2-3-8(9,10)4-7/h6-7,12H,2-5,11H2,1H3/t6-,7?/m1/s1. The number of halogens is 2. The van der Waals surface area contributed by atoms with Crippen molar-refractivity contribution in [2.75, 3.05) is 6.54 Å². The van der Waals surface area contributed by atoms with Crippen molar-refractivity contribution in [3.63, 3.8) is 0 Å². The van der Waals surface area contributed by atoms with Gasteiger partial charge in [0.1, 0.15) is 0 Å². The summed E-state index contributed by atoms with van der Waals surface area (Å²) in [4.78, 5) is 0. The Bertz CT molecular complexity index is 148. The Balaban J connectivity index is 2.20. The molecule has 1 aliphatic carbocycles. The Morgan fingerprint density at radius 3 is 2.75 bits per heavy atom. The lowest BCUT2D eigenvalue weighted by Gasteiger charge is -2.14. The van der Waals surface area contributed by atoms with Crippen molar-refractivity contribution in [3.05, 3.63) is 0 Å². The van der Waals surface area contributed by atoms with E-state index in [4.69, 9.17) is 5.73 Å². The monoisotopic (exact) mass is 178 g/mol. The molecular formula is C8H16F2N2. The Hall–Kier alpha value is -0.220. The van der Waals surface area contributed by atoms with E-state index in [-0.39, 0.29) is 24.9 Å². The topological polar surface area (TPSA) is 38.0 Å². The van der Waals surface area contributed by atoms with Gasteiger partial charge in [-0.05, 0) is 13.3 Å². The molecule has 1 fully saturated rings. The summed E-state index contributed by atoms with van der Waals surface area (Å²) < 4.78 is 25.3. The number of nitrogens with two attached hydrogens (primary N) is 1. The third kappa shape index (κ3) is 3.03. The van der Waals surface area contributed by atoms with Gasteiger partial charge in [0.2, 0.25) is 5.92 Å². The van der Waals surface area contributed by atoms with E-state index in [1.165, 1.54) is 0 Å². The van der Waals surface area contributed by atoms with Crippen LogP contribution in [0.2, 0.25) is 0 Å². The van der Waals surface area contributed by atoms with E-state index in [1.54, 1.807) is 0 Å². The Morgan fingerprint density at radius 1 is 1.67 bits per heavy atom. The largest absolute Gasteiger partial charge is 0.327 e. The van der Waals surface area contributed by atoms with Crippen LogP contribution in [0.4, 0.5) is 8.78 Å². The molecule has 0 aromatic carbocycles. The second-order valence-electron chi connectivity index (χ2n) is 3.68. The van der Waals surface area contributed by atoms with E-state index in [2.05, 4.69) is 5.32 Å². The molecule has 1 saturated carbocycles. The van der Waals surface area contributed by atoms with Gasteiger partial charge in [-0.1, -0.05) is 0 Å². The van der Waals surface area contributed by atoms with Crippen molar-refractivity contribution in [2.24, 2.45) is 5.73 Å². The van der Waals surface area contributed by atoms with Crippen LogP contribution in [-0.4, -0.2) is 24.6 Å². The Morgan fingerprint density at radius 2 is 2.33 bits per heavy atom. The minimum Gasteiger partial charge on any atom is -0.327 e. The van der Waals surface area contributed by atoms with E-state index >= 15 is 0 Å². The van der Waals surface area contributed by atoms with Crippen molar-refractivity contribution >= 4 is 0 Å². The lowest BCUT2D eigenvalue weighted by Crippen LogP contribution is -2.37. The molecule has 0 aromatic rings.